The number of halogens is 1. The van der Waals surface area contributed by atoms with Crippen LogP contribution in [-0.4, -0.2) is 48.2 Å². The van der Waals surface area contributed by atoms with Crippen molar-refractivity contribution in [1.82, 2.24) is 4.90 Å². The van der Waals surface area contributed by atoms with Gasteiger partial charge < -0.3 is 20.3 Å². The number of carbonyl (C=O) groups is 2. The molecule has 8 nitrogen and oxygen atoms in total. The number of non-ortho nitro benzene ring substituents is 1. The Morgan fingerprint density at radius 2 is 1.81 bits per heavy atom. The summed E-state index contributed by atoms with van der Waals surface area (Å²) in [5.74, 6) is -1.20. The molecule has 170 valence electrons. The fraction of sp³-hybridized carbons (Fsp3) is 0.391. The molecule has 1 fully saturated rings. The molecule has 2 aromatic carbocycles. The molecule has 0 aliphatic carbocycles. The van der Waals surface area contributed by atoms with E-state index in [4.69, 9.17) is 5.73 Å². The van der Waals surface area contributed by atoms with Crippen LogP contribution in [0.2, 0.25) is 0 Å². The highest BCUT2D eigenvalue weighted by Gasteiger charge is 2.28. The first-order valence-corrected chi connectivity index (χ1v) is 10.5. The lowest BCUT2D eigenvalue weighted by molar-refractivity contribution is -0.384. The molecule has 0 spiro atoms. The van der Waals surface area contributed by atoms with Gasteiger partial charge >= 0.3 is 0 Å². The van der Waals surface area contributed by atoms with E-state index in [1.165, 1.54) is 18.2 Å². The Morgan fingerprint density at radius 3 is 2.34 bits per heavy atom. The van der Waals surface area contributed by atoms with Crippen molar-refractivity contribution in [2.24, 2.45) is 0 Å². The van der Waals surface area contributed by atoms with Crippen LogP contribution in [0.15, 0.2) is 30.3 Å². The van der Waals surface area contributed by atoms with Crippen LogP contribution in [0.3, 0.4) is 0 Å². The first-order valence-electron chi connectivity index (χ1n) is 10.5. The summed E-state index contributed by atoms with van der Waals surface area (Å²) in [6.45, 7) is 6.96. The van der Waals surface area contributed by atoms with Gasteiger partial charge in [-0.15, -0.1) is 0 Å². The van der Waals surface area contributed by atoms with Gasteiger partial charge in [0.05, 0.1) is 16.2 Å². The fourth-order valence-corrected chi connectivity index (χ4v) is 4.05. The summed E-state index contributed by atoms with van der Waals surface area (Å²) in [6, 6.07) is 7.32. The number of piperazine rings is 1. The third kappa shape index (κ3) is 4.56. The Labute approximate surface area is 185 Å². The van der Waals surface area contributed by atoms with Crippen molar-refractivity contribution < 1.29 is 18.9 Å². The Bertz CT molecular complexity index is 1050. The Balaban J connectivity index is 1.79. The average molecular weight is 442 g/mol. The molecular formula is C23H27FN4O4. The zero-order chi connectivity index (χ0) is 23.6. The van der Waals surface area contributed by atoms with E-state index in [0.717, 1.165) is 6.29 Å². The minimum Gasteiger partial charge on any atom is -0.398 e. The molecule has 0 aromatic heterocycles. The topological polar surface area (TPSA) is 110 Å². The summed E-state index contributed by atoms with van der Waals surface area (Å²) in [7, 11) is 0. The molecule has 32 heavy (non-hydrogen) atoms. The van der Waals surface area contributed by atoms with Crippen molar-refractivity contribution in [2.75, 3.05) is 36.8 Å². The number of nitrogens with zero attached hydrogens (tertiary/aromatic N) is 3. The number of hydrogen-bond donors (Lipinski definition) is 1. The van der Waals surface area contributed by atoms with Gasteiger partial charge in [-0.25, -0.2) is 4.39 Å². The van der Waals surface area contributed by atoms with E-state index >= 15 is 0 Å². The van der Waals surface area contributed by atoms with Crippen LogP contribution >= 0.6 is 0 Å². The number of nitro benzene ring substituents is 1. The maximum absolute atomic E-state index is 14.6. The summed E-state index contributed by atoms with van der Waals surface area (Å²) >= 11 is 0. The van der Waals surface area contributed by atoms with Gasteiger partial charge in [0.2, 0.25) is 0 Å². The van der Waals surface area contributed by atoms with Crippen molar-refractivity contribution >= 4 is 29.3 Å². The van der Waals surface area contributed by atoms with Crippen molar-refractivity contribution in [1.29, 1.82) is 0 Å². The summed E-state index contributed by atoms with van der Waals surface area (Å²) in [4.78, 5) is 38.4. The molecule has 0 radical (unpaired) electrons. The lowest BCUT2D eigenvalue weighted by Gasteiger charge is -2.36. The number of aldehydes is 1. The number of hydrogen-bond acceptors (Lipinski definition) is 6. The SMILES string of the molecule is CC(C)c1c(N)cc([N+](=O)[O-])cc1C(=O)N1CCN(c2ccc(C(C)C=O)cc2F)CC1. The molecule has 1 atom stereocenters. The summed E-state index contributed by atoms with van der Waals surface area (Å²) in [5, 5.41) is 11.3. The number of anilines is 2. The largest absolute Gasteiger partial charge is 0.398 e. The molecule has 1 aliphatic heterocycles. The summed E-state index contributed by atoms with van der Waals surface area (Å²) in [6.07, 6.45) is 0.769. The maximum Gasteiger partial charge on any atom is 0.272 e. The normalized spacial score (nSPS) is 15.0. The molecule has 9 heteroatoms. The van der Waals surface area contributed by atoms with Crippen LogP contribution in [0.1, 0.15) is 54.1 Å². The lowest BCUT2D eigenvalue weighted by atomic mass is 9.93. The predicted octanol–water partition coefficient (Wildman–Crippen LogP) is 3.70. The van der Waals surface area contributed by atoms with Crippen molar-refractivity contribution in [2.45, 2.75) is 32.6 Å². The number of carbonyl (C=O) groups excluding carboxylic acids is 2. The molecule has 1 unspecified atom stereocenters. The molecule has 2 aromatic rings. The number of nitrogens with two attached hydrogens (primary N) is 1. The molecule has 1 heterocycles. The summed E-state index contributed by atoms with van der Waals surface area (Å²) < 4.78 is 14.6. The van der Waals surface area contributed by atoms with Gasteiger partial charge in [0.15, 0.2) is 0 Å². The lowest BCUT2D eigenvalue weighted by Crippen LogP contribution is -2.49. The zero-order valence-corrected chi connectivity index (χ0v) is 18.4. The number of nitrogen functional groups attached to an aromatic ring is 1. The van der Waals surface area contributed by atoms with Crippen LogP contribution < -0.4 is 10.6 Å². The molecule has 1 aliphatic rings. The molecule has 3 rings (SSSR count). The smallest absolute Gasteiger partial charge is 0.272 e. The second kappa shape index (κ2) is 9.33. The number of benzene rings is 2. The summed E-state index contributed by atoms with van der Waals surface area (Å²) in [5.41, 5.74) is 7.90. The van der Waals surface area contributed by atoms with Gasteiger partial charge in [-0.1, -0.05) is 26.8 Å². The van der Waals surface area contributed by atoms with Crippen LogP contribution in [0.4, 0.5) is 21.5 Å². The van der Waals surface area contributed by atoms with E-state index in [1.54, 1.807) is 24.0 Å². The monoisotopic (exact) mass is 442 g/mol. The quantitative estimate of drug-likeness (QED) is 0.316. The minimum atomic E-state index is -0.562. The third-order valence-corrected chi connectivity index (χ3v) is 5.82. The molecule has 2 N–H and O–H groups in total. The van der Waals surface area contributed by atoms with Gasteiger partial charge in [-0.05, 0) is 29.2 Å². The average Bonchev–Trinajstić information content (AvgIpc) is 2.77. The zero-order valence-electron chi connectivity index (χ0n) is 18.4. The highest BCUT2D eigenvalue weighted by Crippen LogP contribution is 2.32. The van der Waals surface area contributed by atoms with Gasteiger partial charge in [0.25, 0.3) is 11.6 Å². The van der Waals surface area contributed by atoms with Crippen molar-refractivity contribution in [3.63, 3.8) is 0 Å². The van der Waals surface area contributed by atoms with E-state index in [-0.39, 0.29) is 34.7 Å². The van der Waals surface area contributed by atoms with E-state index in [1.807, 2.05) is 18.7 Å². The molecule has 0 saturated carbocycles. The van der Waals surface area contributed by atoms with Crippen LogP contribution in [0.25, 0.3) is 0 Å². The number of rotatable bonds is 6. The molecule has 1 saturated heterocycles. The highest BCUT2D eigenvalue weighted by atomic mass is 19.1. The second-order valence-corrected chi connectivity index (χ2v) is 8.32. The highest BCUT2D eigenvalue weighted by molar-refractivity contribution is 5.98. The predicted molar refractivity (Wildman–Crippen MR) is 121 cm³/mol. The first-order chi connectivity index (χ1) is 15.1. The molecule has 0 bridgehead atoms. The maximum atomic E-state index is 14.6. The van der Waals surface area contributed by atoms with E-state index < -0.39 is 10.7 Å². The van der Waals surface area contributed by atoms with E-state index in [0.29, 0.717) is 43.0 Å². The fourth-order valence-electron chi connectivity index (χ4n) is 4.05. The van der Waals surface area contributed by atoms with Gasteiger partial charge in [-0.2, -0.15) is 0 Å². The Kier molecular flexibility index (Phi) is 6.76. The van der Waals surface area contributed by atoms with E-state index in [9.17, 15) is 24.1 Å². The third-order valence-electron chi connectivity index (χ3n) is 5.82. The second-order valence-electron chi connectivity index (χ2n) is 8.32. The van der Waals surface area contributed by atoms with E-state index in [2.05, 4.69) is 0 Å². The van der Waals surface area contributed by atoms with Crippen LogP contribution in [0.5, 0.6) is 0 Å². The van der Waals surface area contributed by atoms with Crippen LogP contribution in [-0.2, 0) is 4.79 Å². The van der Waals surface area contributed by atoms with Gasteiger partial charge in [-0.3, -0.25) is 14.9 Å². The van der Waals surface area contributed by atoms with Crippen LogP contribution in [0, 0.1) is 15.9 Å². The first kappa shape index (κ1) is 23.2. The van der Waals surface area contributed by atoms with Crippen molar-refractivity contribution in [3.8, 4) is 0 Å². The Hall–Kier alpha value is -3.49. The van der Waals surface area contributed by atoms with Gasteiger partial charge in [0.1, 0.15) is 12.1 Å². The Morgan fingerprint density at radius 1 is 1.16 bits per heavy atom. The molecular weight excluding hydrogens is 415 g/mol. The standard InChI is InChI=1S/C23H27FN4O4/c1-14(2)22-18(11-17(28(31)32)12-20(22)25)23(30)27-8-6-26(7-9-27)21-5-4-16(10-19(21)24)15(3)13-29/h4-5,10-15H,6-9,25H2,1-3H3. The number of amides is 1. The minimum absolute atomic E-state index is 0.0857. The van der Waals surface area contributed by atoms with Crippen molar-refractivity contribution in [3.05, 3.63) is 63.0 Å². The molecule has 1 amide bonds. The number of nitro groups is 1. The van der Waals surface area contributed by atoms with Gasteiger partial charge in [0, 0.05) is 49.9 Å².